The third-order valence-corrected chi connectivity index (χ3v) is 12.7. The summed E-state index contributed by atoms with van der Waals surface area (Å²) in [5, 5.41) is 11.5. The molecule has 2 aliphatic heterocycles. The van der Waals surface area contributed by atoms with Crippen LogP contribution in [0.2, 0.25) is 0 Å². The van der Waals surface area contributed by atoms with Gasteiger partial charge in [-0.05, 0) is 113 Å². The number of unbranched alkanes of at least 4 members (excludes halogenated alkanes) is 3. The number of rotatable bonds is 15. The quantitative estimate of drug-likeness (QED) is 0.102. The van der Waals surface area contributed by atoms with Gasteiger partial charge in [0, 0.05) is 48.2 Å². The summed E-state index contributed by atoms with van der Waals surface area (Å²) in [7, 11) is 0. The molecule has 49 heavy (non-hydrogen) atoms. The summed E-state index contributed by atoms with van der Waals surface area (Å²) in [5.41, 5.74) is 4.91. The van der Waals surface area contributed by atoms with E-state index in [1.165, 1.54) is 75.1 Å². The lowest BCUT2D eigenvalue weighted by Crippen LogP contribution is -2.69. The van der Waals surface area contributed by atoms with Crippen molar-refractivity contribution in [2.75, 3.05) is 26.2 Å². The van der Waals surface area contributed by atoms with Crippen LogP contribution in [0.15, 0.2) is 66.7 Å². The van der Waals surface area contributed by atoms with Gasteiger partial charge >= 0.3 is 5.97 Å². The summed E-state index contributed by atoms with van der Waals surface area (Å²) in [6.07, 6.45) is 15.2. The highest BCUT2D eigenvalue weighted by Crippen LogP contribution is 2.66. The molecule has 5 aliphatic rings. The van der Waals surface area contributed by atoms with Crippen LogP contribution in [-0.2, 0) is 29.5 Å². The fourth-order valence-corrected chi connectivity index (χ4v) is 10.3. The van der Waals surface area contributed by atoms with E-state index in [4.69, 9.17) is 9.47 Å². The van der Waals surface area contributed by atoms with Gasteiger partial charge < -0.3 is 14.6 Å². The smallest absolute Gasteiger partial charge is 0.308 e. The van der Waals surface area contributed by atoms with E-state index in [1.807, 2.05) is 0 Å². The number of hydrogen-bond donors (Lipinski definition) is 1. The Bertz CT molecular complexity index is 1610. The maximum atomic E-state index is 12.3. The van der Waals surface area contributed by atoms with E-state index in [0.717, 1.165) is 75.4 Å². The highest BCUT2D eigenvalue weighted by Gasteiger charge is 2.67. The predicted molar refractivity (Wildman–Crippen MR) is 193 cm³/mol. The molecule has 3 aliphatic carbocycles. The molecule has 5 atom stereocenters. The molecule has 6 heteroatoms. The van der Waals surface area contributed by atoms with Gasteiger partial charge in [0.25, 0.3) is 0 Å². The van der Waals surface area contributed by atoms with Crippen molar-refractivity contribution in [3.63, 3.8) is 0 Å². The van der Waals surface area contributed by atoms with Gasteiger partial charge in [-0.3, -0.25) is 14.6 Å². The topological polar surface area (TPSA) is 62.2 Å². The Hall–Kier alpha value is -3.35. The minimum Gasteiger partial charge on any atom is -0.508 e. The number of aryl methyl sites for hydroxylation is 2. The Morgan fingerprint density at radius 1 is 0.918 bits per heavy atom. The molecule has 0 aromatic heterocycles. The molecule has 2 heterocycles. The molecule has 8 rings (SSSR count). The van der Waals surface area contributed by atoms with Crippen molar-refractivity contribution in [2.45, 2.75) is 114 Å². The Morgan fingerprint density at radius 3 is 2.33 bits per heavy atom. The Labute approximate surface area is 292 Å². The summed E-state index contributed by atoms with van der Waals surface area (Å²) >= 11 is 0. The van der Waals surface area contributed by atoms with E-state index < -0.39 is 0 Å². The molecule has 0 unspecified atom stereocenters. The Kier molecular flexibility index (Phi) is 9.45. The Morgan fingerprint density at radius 2 is 1.61 bits per heavy atom. The van der Waals surface area contributed by atoms with Crippen LogP contribution in [0.5, 0.6) is 17.2 Å². The molecule has 6 nitrogen and oxygen atoms in total. The van der Waals surface area contributed by atoms with E-state index >= 15 is 0 Å². The van der Waals surface area contributed by atoms with Crippen molar-refractivity contribution < 1.29 is 19.4 Å². The van der Waals surface area contributed by atoms with Gasteiger partial charge in [0.15, 0.2) is 11.5 Å². The third-order valence-electron chi connectivity index (χ3n) is 12.7. The standard InChI is InChI=1S/C43H54N2O4/c1-30(46)48-39-28-38(47)34-27-37-35-21-22-36(42-43(35,40(34)41(39)49-42)23-26-45(37)29-33-19-20-33)44(25-12-18-32-16-9-5-10-17-32)24-11-3-2-6-13-31-14-7-4-8-15-31/h4-5,7-10,14-17,28,33,35-37,42,47H,2-3,6,11-13,18-27,29H2,1H3/t35-,36+,37+,42-,43-/m0/s1. The maximum Gasteiger partial charge on any atom is 0.308 e. The van der Waals surface area contributed by atoms with Crippen LogP contribution in [0, 0.1) is 11.8 Å². The monoisotopic (exact) mass is 662 g/mol. The van der Waals surface area contributed by atoms with Crippen molar-refractivity contribution in [2.24, 2.45) is 11.8 Å². The van der Waals surface area contributed by atoms with Crippen molar-refractivity contribution >= 4 is 5.97 Å². The van der Waals surface area contributed by atoms with Gasteiger partial charge in [0.2, 0.25) is 0 Å². The van der Waals surface area contributed by atoms with Gasteiger partial charge in [0.05, 0.1) is 0 Å². The first kappa shape index (κ1) is 32.8. The third kappa shape index (κ3) is 6.52. The maximum absolute atomic E-state index is 12.3. The second-order valence-corrected chi connectivity index (χ2v) is 15.7. The van der Waals surface area contributed by atoms with Gasteiger partial charge in [-0.1, -0.05) is 73.5 Å². The number of phenolic OH excluding ortho intramolecular Hbond substituents is 1. The molecule has 1 saturated heterocycles. The average molecular weight is 663 g/mol. The molecule has 3 aromatic carbocycles. The number of carbonyl (C=O) groups excluding carboxylic acids is 1. The Balaban J connectivity index is 1.06. The number of carbonyl (C=O) groups is 1. The molecule has 0 radical (unpaired) electrons. The molecule has 0 amide bonds. The fraction of sp³-hybridized carbons (Fsp3) is 0.558. The number of phenols is 1. The summed E-state index contributed by atoms with van der Waals surface area (Å²) < 4.78 is 13.0. The number of esters is 1. The predicted octanol–water partition coefficient (Wildman–Crippen LogP) is 7.87. The van der Waals surface area contributed by atoms with Crippen LogP contribution < -0.4 is 9.47 Å². The van der Waals surface area contributed by atoms with Crippen LogP contribution in [0.25, 0.3) is 0 Å². The normalized spacial score (nSPS) is 26.7. The van der Waals surface area contributed by atoms with Crippen LogP contribution in [-0.4, -0.2) is 65.2 Å². The average Bonchev–Trinajstić information content (AvgIpc) is 3.86. The number of likely N-dealkylation sites (tertiary alicyclic amines) is 1. The minimum absolute atomic E-state index is 0.00297. The second kappa shape index (κ2) is 14.1. The number of hydrogen-bond acceptors (Lipinski definition) is 6. The minimum atomic E-state index is -0.373. The number of ether oxygens (including phenoxy) is 2. The fourth-order valence-electron chi connectivity index (χ4n) is 10.3. The molecule has 1 spiro atoms. The van der Waals surface area contributed by atoms with Crippen molar-refractivity contribution in [3.8, 4) is 17.2 Å². The highest BCUT2D eigenvalue weighted by molar-refractivity contribution is 5.73. The van der Waals surface area contributed by atoms with Crippen molar-refractivity contribution in [1.29, 1.82) is 0 Å². The lowest BCUT2D eigenvalue weighted by molar-refractivity contribution is -0.132. The first-order chi connectivity index (χ1) is 24.0. The first-order valence-electron chi connectivity index (χ1n) is 19.3. The van der Waals surface area contributed by atoms with Gasteiger partial charge in [-0.2, -0.15) is 0 Å². The molecular weight excluding hydrogens is 608 g/mol. The van der Waals surface area contributed by atoms with E-state index in [9.17, 15) is 9.90 Å². The van der Waals surface area contributed by atoms with Crippen molar-refractivity contribution in [1.82, 2.24) is 9.80 Å². The lowest BCUT2D eigenvalue weighted by Gasteiger charge is -2.60. The molecular formula is C43H54N2O4. The number of benzene rings is 3. The van der Waals surface area contributed by atoms with E-state index in [0.29, 0.717) is 17.7 Å². The van der Waals surface area contributed by atoms with E-state index in [2.05, 4.69) is 70.5 Å². The molecule has 1 N–H and O–H groups in total. The second-order valence-electron chi connectivity index (χ2n) is 15.7. The number of nitrogens with zero attached hydrogens (tertiary/aromatic N) is 2. The molecule has 260 valence electrons. The molecule has 2 saturated carbocycles. The zero-order valence-electron chi connectivity index (χ0n) is 29.3. The lowest BCUT2D eigenvalue weighted by atomic mass is 9.50. The van der Waals surface area contributed by atoms with Crippen LogP contribution in [0.3, 0.4) is 0 Å². The molecule has 3 fully saturated rings. The van der Waals surface area contributed by atoms with E-state index in [-0.39, 0.29) is 29.3 Å². The first-order valence-corrected chi connectivity index (χ1v) is 19.3. The zero-order chi connectivity index (χ0) is 33.4. The van der Waals surface area contributed by atoms with Crippen LogP contribution in [0.4, 0.5) is 0 Å². The summed E-state index contributed by atoms with van der Waals surface area (Å²) in [6, 6.07) is 24.2. The van der Waals surface area contributed by atoms with Crippen LogP contribution >= 0.6 is 0 Å². The van der Waals surface area contributed by atoms with Gasteiger partial charge in [-0.25, -0.2) is 0 Å². The highest BCUT2D eigenvalue weighted by atomic mass is 16.6. The van der Waals surface area contributed by atoms with Crippen LogP contribution in [0.1, 0.15) is 93.4 Å². The SMILES string of the molecule is CC(=O)Oc1cc(O)c2c3c1O[C@H]1[C@H](N(CCCCCCc4ccccc4)CCCc4ccccc4)CC[C@H]4[C@@H](C2)N(CC2CC2)CC[C@@]341. The van der Waals surface area contributed by atoms with Gasteiger partial charge in [0.1, 0.15) is 11.9 Å². The largest absolute Gasteiger partial charge is 0.508 e. The van der Waals surface area contributed by atoms with E-state index in [1.54, 1.807) is 6.07 Å². The summed E-state index contributed by atoms with van der Waals surface area (Å²) in [5.74, 6) is 2.37. The van der Waals surface area contributed by atoms with Crippen molar-refractivity contribution in [3.05, 3.63) is 89.0 Å². The number of aromatic hydroxyl groups is 1. The number of piperidine rings is 1. The summed E-state index contributed by atoms with van der Waals surface area (Å²) in [4.78, 5) is 17.8. The zero-order valence-corrected chi connectivity index (χ0v) is 29.3. The molecule has 3 aromatic rings. The summed E-state index contributed by atoms with van der Waals surface area (Å²) in [6.45, 7) is 5.84. The molecule has 2 bridgehead atoms. The van der Waals surface area contributed by atoms with Gasteiger partial charge in [-0.15, -0.1) is 0 Å².